The Morgan fingerprint density at radius 3 is 2.18 bits per heavy atom. The van der Waals surface area contributed by atoms with Crippen molar-refractivity contribution in [3.05, 3.63) is 88.5 Å². The summed E-state index contributed by atoms with van der Waals surface area (Å²) in [5.74, 6) is 0.572. The number of anilines is 2. The van der Waals surface area contributed by atoms with E-state index >= 15 is 0 Å². The Kier molecular flexibility index (Phi) is 6.82. The van der Waals surface area contributed by atoms with E-state index < -0.39 is 0 Å². The van der Waals surface area contributed by atoms with Gasteiger partial charge in [0.2, 0.25) is 0 Å². The summed E-state index contributed by atoms with van der Waals surface area (Å²) in [5.41, 5.74) is 2.89. The lowest BCUT2D eigenvalue weighted by molar-refractivity contribution is 0.0984. The molecule has 0 spiro atoms. The molecular weight excluding hydrogens is 414 g/mol. The summed E-state index contributed by atoms with van der Waals surface area (Å²) in [7, 11) is 0. The van der Waals surface area contributed by atoms with Crippen molar-refractivity contribution in [3.63, 3.8) is 0 Å². The van der Waals surface area contributed by atoms with Gasteiger partial charge in [0.15, 0.2) is 0 Å². The average molecular weight is 438 g/mol. The fourth-order valence-corrected chi connectivity index (χ4v) is 3.37. The van der Waals surface area contributed by atoms with Gasteiger partial charge < -0.3 is 4.90 Å². The normalized spacial score (nSPS) is 10.5. The highest BCUT2D eigenvalue weighted by molar-refractivity contribution is 9.10. The lowest BCUT2D eigenvalue weighted by Gasteiger charge is -2.24. The van der Waals surface area contributed by atoms with Gasteiger partial charge in [-0.2, -0.15) is 0 Å². The number of benzene rings is 2. The van der Waals surface area contributed by atoms with Crippen LogP contribution in [0, 0.1) is 0 Å². The molecule has 0 saturated carbocycles. The number of carbonyl (C=O) groups is 1. The summed E-state index contributed by atoms with van der Waals surface area (Å²) in [6.45, 7) is 6.70. The molecule has 0 aliphatic carbocycles. The van der Waals surface area contributed by atoms with Gasteiger partial charge in [0.25, 0.3) is 5.91 Å². The quantitative estimate of drug-likeness (QED) is 0.486. The van der Waals surface area contributed by atoms with E-state index in [4.69, 9.17) is 0 Å². The maximum absolute atomic E-state index is 13.2. The van der Waals surface area contributed by atoms with E-state index in [0.717, 1.165) is 23.1 Å². The van der Waals surface area contributed by atoms with Gasteiger partial charge in [-0.15, -0.1) is 0 Å². The zero-order chi connectivity index (χ0) is 19.9. The molecule has 28 heavy (non-hydrogen) atoms. The second-order valence-corrected chi connectivity index (χ2v) is 7.34. The summed E-state index contributed by atoms with van der Waals surface area (Å²) in [4.78, 5) is 21.6. The van der Waals surface area contributed by atoms with Crippen LogP contribution < -0.4 is 9.80 Å². The molecule has 4 nitrogen and oxygen atoms in total. The van der Waals surface area contributed by atoms with Crippen LogP contribution in [0.2, 0.25) is 0 Å². The fourth-order valence-electron chi connectivity index (χ4n) is 3.10. The van der Waals surface area contributed by atoms with Gasteiger partial charge in [0.1, 0.15) is 5.82 Å². The molecule has 2 aromatic carbocycles. The number of aromatic nitrogens is 1. The molecule has 0 aliphatic heterocycles. The standard InChI is InChI=1S/C23H24BrN3O/c1-3-26(4-2)21-14-8-18(9-15-21)17-27(22-7-5-6-16-25-22)23(28)19-10-12-20(24)13-11-19/h5-16H,3-4,17H2,1-2H3. The van der Waals surface area contributed by atoms with Crippen molar-refractivity contribution in [1.29, 1.82) is 0 Å². The van der Waals surface area contributed by atoms with Gasteiger partial charge in [0.05, 0.1) is 6.54 Å². The number of hydrogen-bond acceptors (Lipinski definition) is 3. The highest BCUT2D eigenvalue weighted by atomic mass is 79.9. The smallest absolute Gasteiger partial charge is 0.259 e. The SMILES string of the molecule is CCN(CC)c1ccc(CN(C(=O)c2ccc(Br)cc2)c2ccccn2)cc1. The van der Waals surface area contributed by atoms with Crippen molar-refractivity contribution in [1.82, 2.24) is 4.98 Å². The predicted octanol–water partition coefficient (Wildman–Crippen LogP) is 5.54. The Hall–Kier alpha value is -2.66. The van der Waals surface area contributed by atoms with Gasteiger partial charge in [-0.05, 0) is 67.9 Å². The van der Waals surface area contributed by atoms with Gasteiger partial charge in [0, 0.05) is 35.0 Å². The zero-order valence-electron chi connectivity index (χ0n) is 16.2. The van der Waals surface area contributed by atoms with Crippen LogP contribution in [-0.4, -0.2) is 24.0 Å². The molecule has 0 saturated heterocycles. The molecule has 0 fully saturated rings. The van der Waals surface area contributed by atoms with Crippen LogP contribution in [0.15, 0.2) is 77.4 Å². The van der Waals surface area contributed by atoms with E-state index in [-0.39, 0.29) is 5.91 Å². The predicted molar refractivity (Wildman–Crippen MR) is 119 cm³/mol. The number of hydrogen-bond donors (Lipinski definition) is 0. The Bertz CT molecular complexity index is 891. The molecular formula is C23H24BrN3O. The third kappa shape index (κ3) is 4.78. The van der Waals surface area contributed by atoms with Crippen LogP contribution in [0.25, 0.3) is 0 Å². The first kappa shape index (κ1) is 20.1. The van der Waals surface area contributed by atoms with Gasteiger partial charge in [-0.1, -0.05) is 34.1 Å². The highest BCUT2D eigenvalue weighted by Crippen LogP contribution is 2.21. The first-order valence-electron chi connectivity index (χ1n) is 9.44. The minimum absolute atomic E-state index is 0.0704. The van der Waals surface area contributed by atoms with E-state index in [1.54, 1.807) is 11.1 Å². The van der Waals surface area contributed by atoms with E-state index in [1.165, 1.54) is 5.69 Å². The second-order valence-electron chi connectivity index (χ2n) is 6.42. The Morgan fingerprint density at radius 1 is 0.929 bits per heavy atom. The van der Waals surface area contributed by atoms with Crippen LogP contribution in [-0.2, 0) is 6.54 Å². The van der Waals surface area contributed by atoms with Crippen LogP contribution in [0.3, 0.4) is 0 Å². The Morgan fingerprint density at radius 2 is 1.61 bits per heavy atom. The lowest BCUT2D eigenvalue weighted by atomic mass is 10.1. The number of carbonyl (C=O) groups excluding carboxylic acids is 1. The van der Waals surface area contributed by atoms with Gasteiger partial charge in [-0.3, -0.25) is 9.69 Å². The van der Waals surface area contributed by atoms with Crippen LogP contribution in [0.4, 0.5) is 11.5 Å². The molecule has 1 amide bonds. The third-order valence-electron chi connectivity index (χ3n) is 4.67. The molecule has 0 atom stereocenters. The van der Waals surface area contributed by atoms with Crippen molar-refractivity contribution in [2.75, 3.05) is 22.9 Å². The lowest BCUT2D eigenvalue weighted by Crippen LogP contribution is -2.31. The number of rotatable bonds is 7. The van der Waals surface area contributed by atoms with Crippen molar-refractivity contribution in [2.24, 2.45) is 0 Å². The Balaban J connectivity index is 1.88. The summed E-state index contributed by atoms with van der Waals surface area (Å²) >= 11 is 3.42. The summed E-state index contributed by atoms with van der Waals surface area (Å²) < 4.78 is 0.945. The summed E-state index contributed by atoms with van der Waals surface area (Å²) in [5, 5.41) is 0. The van der Waals surface area contributed by atoms with E-state index in [9.17, 15) is 4.79 Å². The first-order valence-corrected chi connectivity index (χ1v) is 10.2. The minimum atomic E-state index is -0.0704. The minimum Gasteiger partial charge on any atom is -0.372 e. The number of halogens is 1. The topological polar surface area (TPSA) is 36.4 Å². The van der Waals surface area contributed by atoms with Crippen molar-refractivity contribution < 1.29 is 4.79 Å². The van der Waals surface area contributed by atoms with Crippen LogP contribution in [0.1, 0.15) is 29.8 Å². The van der Waals surface area contributed by atoms with E-state index in [0.29, 0.717) is 17.9 Å². The van der Waals surface area contributed by atoms with E-state index in [2.05, 4.69) is 63.9 Å². The molecule has 144 valence electrons. The van der Waals surface area contributed by atoms with Gasteiger partial charge >= 0.3 is 0 Å². The highest BCUT2D eigenvalue weighted by Gasteiger charge is 2.19. The third-order valence-corrected chi connectivity index (χ3v) is 5.20. The number of nitrogens with zero attached hydrogens (tertiary/aromatic N) is 3. The molecule has 1 aromatic heterocycles. The fraction of sp³-hybridized carbons (Fsp3) is 0.217. The molecule has 1 heterocycles. The second kappa shape index (κ2) is 9.51. The molecule has 0 unspecified atom stereocenters. The van der Waals surface area contributed by atoms with Crippen molar-refractivity contribution in [3.8, 4) is 0 Å². The van der Waals surface area contributed by atoms with Crippen LogP contribution >= 0.6 is 15.9 Å². The molecule has 0 radical (unpaired) electrons. The van der Waals surface area contributed by atoms with E-state index in [1.807, 2.05) is 42.5 Å². The Labute approximate surface area is 175 Å². The number of amides is 1. The zero-order valence-corrected chi connectivity index (χ0v) is 17.8. The van der Waals surface area contributed by atoms with Crippen LogP contribution in [0.5, 0.6) is 0 Å². The van der Waals surface area contributed by atoms with Crippen molar-refractivity contribution in [2.45, 2.75) is 20.4 Å². The molecule has 0 N–H and O–H groups in total. The maximum atomic E-state index is 13.2. The van der Waals surface area contributed by atoms with Crippen molar-refractivity contribution >= 4 is 33.3 Å². The number of pyridine rings is 1. The largest absolute Gasteiger partial charge is 0.372 e. The van der Waals surface area contributed by atoms with Gasteiger partial charge in [-0.25, -0.2) is 4.98 Å². The maximum Gasteiger partial charge on any atom is 0.259 e. The summed E-state index contributed by atoms with van der Waals surface area (Å²) in [6.07, 6.45) is 1.71. The molecule has 0 bridgehead atoms. The molecule has 3 rings (SSSR count). The summed E-state index contributed by atoms with van der Waals surface area (Å²) in [6, 6.07) is 21.4. The monoisotopic (exact) mass is 437 g/mol. The molecule has 3 aromatic rings. The molecule has 5 heteroatoms. The first-order chi connectivity index (χ1) is 13.6. The molecule has 0 aliphatic rings. The average Bonchev–Trinajstić information content (AvgIpc) is 2.74.